The summed E-state index contributed by atoms with van der Waals surface area (Å²) >= 11 is 0. The van der Waals surface area contributed by atoms with Gasteiger partial charge in [0.05, 0.1) is 17.5 Å². The third-order valence-corrected chi connectivity index (χ3v) is 7.73. The van der Waals surface area contributed by atoms with Crippen molar-refractivity contribution < 1.29 is 22.0 Å². The number of rotatable bonds is 10. The number of halogens is 1. The lowest BCUT2D eigenvalue weighted by Gasteiger charge is -2.22. The number of anilines is 1. The van der Waals surface area contributed by atoms with E-state index in [4.69, 9.17) is 10.2 Å². The van der Waals surface area contributed by atoms with E-state index in [2.05, 4.69) is 5.32 Å². The van der Waals surface area contributed by atoms with Crippen LogP contribution in [0.4, 0.5) is 10.1 Å². The standard InChI is InChI=1S/C30H32FN3O4S/c1-30(32,20-22-7-5-4-6-8-22)28-14-13-27(38-28)23-17-24(19-26(18-23)34(2)39(3,36)37)29(35)33-16-15-21-9-11-25(31)12-10-21/h4-14,17-19H,15-16,20,32H2,1-3H3,(H,33,35)/t30-/m1/s1. The average molecular weight is 550 g/mol. The predicted octanol–water partition coefficient (Wildman–Crippen LogP) is 4.87. The largest absolute Gasteiger partial charge is 0.459 e. The monoisotopic (exact) mass is 549 g/mol. The Morgan fingerprint density at radius 2 is 1.69 bits per heavy atom. The molecule has 1 amide bonds. The van der Waals surface area contributed by atoms with Gasteiger partial charge >= 0.3 is 0 Å². The van der Waals surface area contributed by atoms with Gasteiger partial charge in [-0.15, -0.1) is 0 Å². The molecule has 0 aliphatic rings. The van der Waals surface area contributed by atoms with Gasteiger partial charge in [-0.2, -0.15) is 0 Å². The average Bonchev–Trinajstić information content (AvgIpc) is 3.41. The number of benzene rings is 3. The van der Waals surface area contributed by atoms with Crippen LogP contribution in [-0.4, -0.2) is 34.2 Å². The number of amides is 1. The van der Waals surface area contributed by atoms with E-state index in [0.717, 1.165) is 21.7 Å². The Balaban J connectivity index is 1.60. The zero-order chi connectivity index (χ0) is 28.2. The molecule has 0 spiro atoms. The molecule has 0 aliphatic carbocycles. The van der Waals surface area contributed by atoms with E-state index >= 15 is 0 Å². The molecule has 0 unspecified atom stereocenters. The number of carbonyl (C=O) groups is 1. The van der Waals surface area contributed by atoms with E-state index in [1.807, 2.05) is 37.3 Å². The molecule has 4 aromatic rings. The van der Waals surface area contributed by atoms with Gasteiger partial charge in [0.15, 0.2) is 0 Å². The minimum Gasteiger partial charge on any atom is -0.459 e. The maximum Gasteiger partial charge on any atom is 0.251 e. The van der Waals surface area contributed by atoms with E-state index in [9.17, 15) is 17.6 Å². The van der Waals surface area contributed by atoms with Crippen LogP contribution in [0, 0.1) is 5.82 Å². The van der Waals surface area contributed by atoms with Gasteiger partial charge in [0.25, 0.3) is 5.91 Å². The van der Waals surface area contributed by atoms with Crippen molar-refractivity contribution in [3.05, 3.63) is 113 Å². The van der Waals surface area contributed by atoms with E-state index in [-0.39, 0.29) is 17.3 Å². The van der Waals surface area contributed by atoms with Crippen LogP contribution in [0.2, 0.25) is 0 Å². The molecule has 4 rings (SSSR count). The molecule has 0 saturated heterocycles. The Bertz CT molecular complexity index is 1550. The molecule has 0 bridgehead atoms. The highest BCUT2D eigenvalue weighted by Gasteiger charge is 2.26. The summed E-state index contributed by atoms with van der Waals surface area (Å²) in [4.78, 5) is 13.1. The van der Waals surface area contributed by atoms with Crippen molar-refractivity contribution in [1.82, 2.24) is 5.32 Å². The molecule has 3 N–H and O–H groups in total. The number of nitrogens with two attached hydrogens (primary N) is 1. The Morgan fingerprint density at radius 1 is 1.00 bits per heavy atom. The minimum atomic E-state index is -3.59. The Labute approximate surface area is 228 Å². The Hall–Kier alpha value is -3.95. The van der Waals surface area contributed by atoms with Crippen molar-refractivity contribution in [2.45, 2.75) is 25.3 Å². The van der Waals surface area contributed by atoms with Gasteiger partial charge in [0.2, 0.25) is 10.0 Å². The number of furan rings is 1. The van der Waals surface area contributed by atoms with Crippen molar-refractivity contribution in [2.24, 2.45) is 5.73 Å². The first-order chi connectivity index (χ1) is 18.4. The van der Waals surface area contributed by atoms with Crippen LogP contribution < -0.4 is 15.4 Å². The molecular formula is C30H32FN3O4S. The van der Waals surface area contributed by atoms with Crippen molar-refractivity contribution in [2.75, 3.05) is 24.2 Å². The molecule has 7 nitrogen and oxygen atoms in total. The Kier molecular flexibility index (Phi) is 8.22. The van der Waals surface area contributed by atoms with Crippen LogP contribution >= 0.6 is 0 Å². The summed E-state index contributed by atoms with van der Waals surface area (Å²) in [6, 6.07) is 24.3. The topological polar surface area (TPSA) is 106 Å². The first-order valence-corrected chi connectivity index (χ1v) is 14.3. The lowest BCUT2D eigenvalue weighted by atomic mass is 9.91. The Morgan fingerprint density at radius 3 is 2.36 bits per heavy atom. The molecule has 1 atom stereocenters. The molecule has 0 fully saturated rings. The summed E-state index contributed by atoms with van der Waals surface area (Å²) < 4.78 is 45.0. The highest BCUT2D eigenvalue weighted by molar-refractivity contribution is 7.92. The van der Waals surface area contributed by atoms with Gasteiger partial charge < -0.3 is 15.5 Å². The van der Waals surface area contributed by atoms with E-state index in [1.165, 1.54) is 25.2 Å². The third-order valence-electron chi connectivity index (χ3n) is 6.52. The van der Waals surface area contributed by atoms with Crippen LogP contribution in [0.5, 0.6) is 0 Å². The van der Waals surface area contributed by atoms with E-state index in [1.54, 1.807) is 36.4 Å². The highest BCUT2D eigenvalue weighted by atomic mass is 32.2. The van der Waals surface area contributed by atoms with Crippen LogP contribution in [0.25, 0.3) is 11.3 Å². The van der Waals surface area contributed by atoms with Crippen LogP contribution in [0.3, 0.4) is 0 Å². The second kappa shape index (κ2) is 11.4. The van der Waals surface area contributed by atoms with Crippen molar-refractivity contribution in [3.63, 3.8) is 0 Å². The van der Waals surface area contributed by atoms with Crippen molar-refractivity contribution in [1.29, 1.82) is 0 Å². The second-order valence-corrected chi connectivity index (χ2v) is 11.9. The number of nitrogens with one attached hydrogen (secondary N) is 1. The van der Waals surface area contributed by atoms with Crippen LogP contribution in [0.15, 0.2) is 89.3 Å². The summed E-state index contributed by atoms with van der Waals surface area (Å²) in [5, 5.41) is 2.85. The van der Waals surface area contributed by atoms with Gasteiger partial charge in [0.1, 0.15) is 17.3 Å². The summed E-state index contributed by atoms with van der Waals surface area (Å²) in [6.07, 6.45) is 2.16. The normalized spacial score (nSPS) is 13.1. The predicted molar refractivity (Wildman–Crippen MR) is 152 cm³/mol. The van der Waals surface area contributed by atoms with E-state index in [0.29, 0.717) is 42.2 Å². The summed E-state index contributed by atoms with van der Waals surface area (Å²) in [5.74, 6) is 0.326. The van der Waals surface area contributed by atoms with Gasteiger partial charge in [-0.1, -0.05) is 42.5 Å². The molecular weight excluding hydrogens is 517 g/mol. The minimum absolute atomic E-state index is 0.273. The summed E-state index contributed by atoms with van der Waals surface area (Å²) in [7, 11) is -2.16. The fourth-order valence-electron chi connectivity index (χ4n) is 4.24. The van der Waals surface area contributed by atoms with Gasteiger partial charge in [0, 0.05) is 24.7 Å². The summed E-state index contributed by atoms with van der Waals surface area (Å²) in [6.45, 7) is 2.21. The quantitative estimate of drug-likeness (QED) is 0.294. The number of hydrogen-bond donors (Lipinski definition) is 2. The zero-order valence-corrected chi connectivity index (χ0v) is 23.0. The zero-order valence-electron chi connectivity index (χ0n) is 22.1. The molecule has 0 radical (unpaired) electrons. The maximum absolute atomic E-state index is 13.2. The lowest BCUT2D eigenvalue weighted by Crippen LogP contribution is -2.35. The van der Waals surface area contributed by atoms with Crippen LogP contribution in [0.1, 0.15) is 34.2 Å². The molecule has 1 heterocycles. The number of hydrogen-bond acceptors (Lipinski definition) is 5. The molecule has 0 aliphatic heterocycles. The first kappa shape index (κ1) is 28.1. The summed E-state index contributed by atoms with van der Waals surface area (Å²) in [5.41, 5.74) is 8.90. The molecule has 9 heteroatoms. The number of carbonyl (C=O) groups excluding carboxylic acids is 1. The van der Waals surface area contributed by atoms with Crippen molar-refractivity contribution >= 4 is 21.6 Å². The smallest absolute Gasteiger partial charge is 0.251 e. The fraction of sp³-hybridized carbons (Fsp3) is 0.233. The van der Waals surface area contributed by atoms with Crippen molar-refractivity contribution in [3.8, 4) is 11.3 Å². The maximum atomic E-state index is 13.2. The SMILES string of the molecule is CN(c1cc(C(=O)NCCc2ccc(F)cc2)cc(-c2ccc([C@](C)(N)Cc3ccccc3)o2)c1)S(C)(=O)=O. The second-order valence-electron chi connectivity index (χ2n) is 9.88. The van der Waals surface area contributed by atoms with Crippen LogP contribution in [-0.2, 0) is 28.4 Å². The molecule has 39 heavy (non-hydrogen) atoms. The van der Waals surface area contributed by atoms with Gasteiger partial charge in [-0.05, 0) is 73.4 Å². The fourth-order valence-corrected chi connectivity index (χ4v) is 4.73. The molecule has 1 aromatic heterocycles. The van der Waals surface area contributed by atoms with Gasteiger partial charge in [-0.3, -0.25) is 9.10 Å². The van der Waals surface area contributed by atoms with Gasteiger partial charge in [-0.25, -0.2) is 12.8 Å². The number of sulfonamides is 1. The molecule has 204 valence electrons. The first-order valence-electron chi connectivity index (χ1n) is 12.5. The molecule has 3 aromatic carbocycles. The highest BCUT2D eigenvalue weighted by Crippen LogP contribution is 2.32. The van der Waals surface area contributed by atoms with E-state index < -0.39 is 15.6 Å². The third kappa shape index (κ3) is 7.13. The lowest BCUT2D eigenvalue weighted by molar-refractivity contribution is 0.0954. The molecule has 0 saturated carbocycles. The number of nitrogens with zero attached hydrogens (tertiary/aromatic N) is 1.